The molecule has 0 saturated carbocycles. The molecule has 1 N–H and O–H groups in total. The van der Waals surface area contributed by atoms with Gasteiger partial charge in [0.05, 0.1) is 6.42 Å². The van der Waals surface area contributed by atoms with Gasteiger partial charge in [-0.05, 0) is 36.5 Å². The van der Waals surface area contributed by atoms with Gasteiger partial charge in [0.2, 0.25) is 5.91 Å². The minimum Gasteiger partial charge on any atom is -0.396 e. The summed E-state index contributed by atoms with van der Waals surface area (Å²) in [5.41, 5.74) is 0.839. The number of aliphatic hydroxyl groups is 1. The Morgan fingerprint density at radius 3 is 2.44 bits per heavy atom. The van der Waals surface area contributed by atoms with Crippen molar-refractivity contribution in [1.82, 2.24) is 4.90 Å². The number of carbonyl (C=O) groups excluding carboxylic acids is 1. The molecule has 4 heteroatoms. The van der Waals surface area contributed by atoms with Crippen LogP contribution in [0.15, 0.2) is 24.3 Å². The van der Waals surface area contributed by atoms with E-state index in [1.807, 2.05) is 4.90 Å². The summed E-state index contributed by atoms with van der Waals surface area (Å²) in [5, 5.41) is 9.04. The number of piperidine rings is 1. The molecule has 0 bridgehead atoms. The van der Waals surface area contributed by atoms with Crippen LogP contribution in [-0.2, 0) is 11.2 Å². The fourth-order valence-electron chi connectivity index (χ4n) is 2.25. The van der Waals surface area contributed by atoms with Gasteiger partial charge in [-0.1, -0.05) is 12.1 Å². The molecule has 18 heavy (non-hydrogen) atoms. The number of hydrogen-bond acceptors (Lipinski definition) is 2. The van der Waals surface area contributed by atoms with E-state index in [1.54, 1.807) is 12.1 Å². The Morgan fingerprint density at radius 2 is 1.89 bits per heavy atom. The zero-order valence-electron chi connectivity index (χ0n) is 10.3. The third kappa shape index (κ3) is 3.29. The molecule has 1 aromatic carbocycles. The van der Waals surface area contributed by atoms with Crippen LogP contribution in [0.4, 0.5) is 4.39 Å². The number of likely N-dealkylation sites (tertiary alicyclic amines) is 1. The summed E-state index contributed by atoms with van der Waals surface area (Å²) in [4.78, 5) is 13.8. The zero-order valence-corrected chi connectivity index (χ0v) is 10.3. The van der Waals surface area contributed by atoms with Crippen LogP contribution in [-0.4, -0.2) is 35.6 Å². The van der Waals surface area contributed by atoms with Gasteiger partial charge in [-0.2, -0.15) is 0 Å². The number of hydrogen-bond donors (Lipinski definition) is 1. The second-order valence-corrected chi connectivity index (χ2v) is 4.81. The average molecular weight is 251 g/mol. The van der Waals surface area contributed by atoms with E-state index in [0.717, 1.165) is 18.4 Å². The Balaban J connectivity index is 1.87. The Labute approximate surface area is 106 Å². The van der Waals surface area contributed by atoms with Crippen LogP contribution in [0.5, 0.6) is 0 Å². The van der Waals surface area contributed by atoms with Gasteiger partial charge in [-0.25, -0.2) is 4.39 Å². The van der Waals surface area contributed by atoms with E-state index in [0.29, 0.717) is 25.4 Å². The molecule has 98 valence electrons. The largest absolute Gasteiger partial charge is 0.396 e. The molecule has 1 aliphatic rings. The van der Waals surface area contributed by atoms with E-state index in [4.69, 9.17) is 5.11 Å². The molecule has 1 aromatic rings. The third-order valence-electron chi connectivity index (χ3n) is 3.49. The highest BCUT2D eigenvalue weighted by Gasteiger charge is 2.22. The molecule has 2 rings (SSSR count). The summed E-state index contributed by atoms with van der Waals surface area (Å²) < 4.78 is 12.7. The Kier molecular flexibility index (Phi) is 4.31. The van der Waals surface area contributed by atoms with Gasteiger partial charge in [0, 0.05) is 19.7 Å². The summed E-state index contributed by atoms with van der Waals surface area (Å²) in [6, 6.07) is 6.04. The van der Waals surface area contributed by atoms with E-state index in [-0.39, 0.29) is 18.3 Å². The van der Waals surface area contributed by atoms with Crippen LogP contribution in [0.25, 0.3) is 0 Å². The van der Waals surface area contributed by atoms with Crippen molar-refractivity contribution in [2.75, 3.05) is 19.7 Å². The molecule has 1 aliphatic heterocycles. The first-order chi connectivity index (χ1) is 8.69. The molecule has 1 amide bonds. The average Bonchev–Trinajstić information content (AvgIpc) is 2.41. The molecule has 0 atom stereocenters. The van der Waals surface area contributed by atoms with Crippen molar-refractivity contribution in [3.63, 3.8) is 0 Å². The number of carbonyl (C=O) groups is 1. The number of nitrogens with zero attached hydrogens (tertiary/aromatic N) is 1. The van der Waals surface area contributed by atoms with Gasteiger partial charge in [0.1, 0.15) is 5.82 Å². The van der Waals surface area contributed by atoms with E-state index in [1.165, 1.54) is 12.1 Å². The number of halogens is 1. The van der Waals surface area contributed by atoms with Crippen molar-refractivity contribution >= 4 is 5.91 Å². The molecule has 0 unspecified atom stereocenters. The van der Waals surface area contributed by atoms with Crippen molar-refractivity contribution in [3.05, 3.63) is 35.6 Å². The van der Waals surface area contributed by atoms with Crippen LogP contribution in [0, 0.1) is 11.7 Å². The maximum atomic E-state index is 12.7. The molecule has 0 spiro atoms. The summed E-state index contributed by atoms with van der Waals surface area (Å²) >= 11 is 0. The minimum absolute atomic E-state index is 0.0815. The number of amides is 1. The molecule has 1 saturated heterocycles. The van der Waals surface area contributed by atoms with Gasteiger partial charge >= 0.3 is 0 Å². The van der Waals surface area contributed by atoms with E-state index >= 15 is 0 Å². The fourth-order valence-corrected chi connectivity index (χ4v) is 2.25. The quantitative estimate of drug-likeness (QED) is 0.886. The Bertz CT molecular complexity index is 397. The first-order valence-corrected chi connectivity index (χ1v) is 6.32. The highest BCUT2D eigenvalue weighted by Crippen LogP contribution is 2.17. The predicted molar refractivity (Wildman–Crippen MR) is 66.5 cm³/mol. The van der Waals surface area contributed by atoms with Crippen LogP contribution in [0.2, 0.25) is 0 Å². The van der Waals surface area contributed by atoms with Crippen LogP contribution >= 0.6 is 0 Å². The lowest BCUT2D eigenvalue weighted by Gasteiger charge is -2.31. The molecule has 0 radical (unpaired) electrons. The molecule has 0 aliphatic carbocycles. The van der Waals surface area contributed by atoms with Gasteiger partial charge < -0.3 is 10.0 Å². The lowest BCUT2D eigenvalue weighted by molar-refractivity contribution is -0.132. The maximum absolute atomic E-state index is 12.7. The van der Waals surface area contributed by atoms with Gasteiger partial charge in [-0.15, -0.1) is 0 Å². The number of rotatable bonds is 3. The molecular formula is C14H18FNO2. The molecular weight excluding hydrogens is 233 g/mol. The molecule has 0 aromatic heterocycles. The summed E-state index contributed by atoms with van der Waals surface area (Å²) in [7, 11) is 0. The summed E-state index contributed by atoms with van der Waals surface area (Å²) in [6.45, 7) is 1.64. The number of aliphatic hydroxyl groups excluding tert-OH is 1. The van der Waals surface area contributed by atoms with Crippen LogP contribution < -0.4 is 0 Å². The highest BCUT2D eigenvalue weighted by molar-refractivity contribution is 5.78. The van der Waals surface area contributed by atoms with Crippen molar-refractivity contribution in [2.45, 2.75) is 19.3 Å². The predicted octanol–water partition coefficient (Wildman–Crippen LogP) is 1.60. The number of benzene rings is 1. The normalized spacial score (nSPS) is 16.9. The topological polar surface area (TPSA) is 40.5 Å². The lowest BCUT2D eigenvalue weighted by atomic mass is 9.97. The first-order valence-electron chi connectivity index (χ1n) is 6.32. The maximum Gasteiger partial charge on any atom is 0.226 e. The van der Waals surface area contributed by atoms with Gasteiger partial charge in [-0.3, -0.25) is 4.79 Å². The second kappa shape index (κ2) is 5.96. The summed E-state index contributed by atoms with van der Waals surface area (Å²) in [6.07, 6.45) is 2.06. The fraction of sp³-hybridized carbons (Fsp3) is 0.500. The molecule has 1 fully saturated rings. The van der Waals surface area contributed by atoms with Crippen molar-refractivity contribution in [2.24, 2.45) is 5.92 Å². The molecule has 1 heterocycles. The lowest BCUT2D eigenvalue weighted by Crippen LogP contribution is -2.40. The van der Waals surface area contributed by atoms with Crippen LogP contribution in [0.3, 0.4) is 0 Å². The van der Waals surface area contributed by atoms with Crippen molar-refractivity contribution in [3.8, 4) is 0 Å². The molecule has 3 nitrogen and oxygen atoms in total. The monoisotopic (exact) mass is 251 g/mol. The van der Waals surface area contributed by atoms with E-state index in [2.05, 4.69) is 0 Å². The third-order valence-corrected chi connectivity index (χ3v) is 3.49. The minimum atomic E-state index is -0.282. The van der Waals surface area contributed by atoms with Crippen molar-refractivity contribution < 1.29 is 14.3 Å². The van der Waals surface area contributed by atoms with Crippen molar-refractivity contribution in [1.29, 1.82) is 0 Å². The highest BCUT2D eigenvalue weighted by atomic mass is 19.1. The van der Waals surface area contributed by atoms with E-state index in [9.17, 15) is 9.18 Å². The second-order valence-electron chi connectivity index (χ2n) is 4.81. The standard InChI is InChI=1S/C14H18FNO2/c15-13-3-1-11(2-4-13)9-14(18)16-7-5-12(10-17)6-8-16/h1-4,12,17H,5-10H2. The SMILES string of the molecule is O=C(Cc1ccc(F)cc1)N1CCC(CO)CC1. The first kappa shape index (κ1) is 13.0. The van der Waals surface area contributed by atoms with Gasteiger partial charge in [0.25, 0.3) is 0 Å². The zero-order chi connectivity index (χ0) is 13.0. The van der Waals surface area contributed by atoms with E-state index < -0.39 is 0 Å². The van der Waals surface area contributed by atoms with Crippen LogP contribution in [0.1, 0.15) is 18.4 Å². The summed E-state index contributed by atoms with van der Waals surface area (Å²) in [5.74, 6) is 0.132. The Morgan fingerprint density at radius 1 is 1.28 bits per heavy atom. The Hall–Kier alpha value is -1.42. The smallest absolute Gasteiger partial charge is 0.226 e. The van der Waals surface area contributed by atoms with Gasteiger partial charge in [0.15, 0.2) is 0 Å².